The van der Waals surface area contributed by atoms with Gasteiger partial charge in [0.2, 0.25) is 0 Å². The van der Waals surface area contributed by atoms with Crippen molar-refractivity contribution in [3.05, 3.63) is 30.0 Å². The molecular formula is C12H16N2O2. The number of nitrogens with one attached hydrogen (secondary N) is 1. The summed E-state index contributed by atoms with van der Waals surface area (Å²) in [5.41, 5.74) is 7.86. The van der Waals surface area contributed by atoms with Crippen molar-refractivity contribution in [2.45, 2.75) is 12.5 Å². The van der Waals surface area contributed by atoms with Crippen LogP contribution in [0.2, 0.25) is 0 Å². The minimum Gasteiger partial charge on any atom is -0.497 e. The van der Waals surface area contributed by atoms with E-state index in [0.717, 1.165) is 22.3 Å². The van der Waals surface area contributed by atoms with Crippen LogP contribution in [0.25, 0.3) is 10.9 Å². The summed E-state index contributed by atoms with van der Waals surface area (Å²) in [6, 6.07) is 7.69. The SMILES string of the molecule is COc1ccc2cc(C(N)CCO)[nH]c2c1. The van der Waals surface area contributed by atoms with E-state index in [0.29, 0.717) is 6.42 Å². The molecule has 0 saturated heterocycles. The number of hydrogen-bond donors (Lipinski definition) is 3. The molecule has 0 aliphatic heterocycles. The Kier molecular flexibility index (Phi) is 3.12. The van der Waals surface area contributed by atoms with Gasteiger partial charge in [-0.3, -0.25) is 0 Å². The molecule has 16 heavy (non-hydrogen) atoms. The summed E-state index contributed by atoms with van der Waals surface area (Å²) in [5.74, 6) is 0.816. The molecule has 0 aliphatic carbocycles. The maximum Gasteiger partial charge on any atom is 0.120 e. The number of H-pyrrole nitrogens is 1. The fourth-order valence-corrected chi connectivity index (χ4v) is 1.75. The molecule has 86 valence electrons. The van der Waals surface area contributed by atoms with Crippen molar-refractivity contribution in [2.24, 2.45) is 5.73 Å². The smallest absolute Gasteiger partial charge is 0.120 e. The molecule has 1 heterocycles. The zero-order valence-corrected chi connectivity index (χ0v) is 9.23. The molecular weight excluding hydrogens is 204 g/mol. The first kappa shape index (κ1) is 11.0. The Bertz CT molecular complexity index is 479. The van der Waals surface area contributed by atoms with Gasteiger partial charge in [-0.25, -0.2) is 0 Å². The summed E-state index contributed by atoms with van der Waals surface area (Å²) in [4.78, 5) is 3.24. The summed E-state index contributed by atoms with van der Waals surface area (Å²) in [6.45, 7) is 0.0971. The van der Waals surface area contributed by atoms with E-state index in [1.54, 1.807) is 7.11 Å². The Morgan fingerprint density at radius 2 is 2.25 bits per heavy atom. The first-order valence-corrected chi connectivity index (χ1v) is 5.27. The minimum atomic E-state index is -0.150. The number of aromatic nitrogens is 1. The van der Waals surface area contributed by atoms with E-state index in [9.17, 15) is 0 Å². The van der Waals surface area contributed by atoms with Crippen LogP contribution < -0.4 is 10.5 Å². The van der Waals surface area contributed by atoms with Gasteiger partial charge in [-0.2, -0.15) is 0 Å². The van der Waals surface area contributed by atoms with Crippen molar-refractivity contribution in [3.8, 4) is 5.75 Å². The zero-order valence-electron chi connectivity index (χ0n) is 9.23. The van der Waals surface area contributed by atoms with Crippen LogP contribution in [0.15, 0.2) is 24.3 Å². The highest BCUT2D eigenvalue weighted by molar-refractivity contribution is 5.82. The van der Waals surface area contributed by atoms with Crippen molar-refractivity contribution in [1.82, 2.24) is 4.98 Å². The normalized spacial score (nSPS) is 12.9. The number of methoxy groups -OCH3 is 1. The Balaban J connectivity index is 2.35. The average Bonchev–Trinajstić information content (AvgIpc) is 2.71. The standard InChI is InChI=1S/C12H16N2O2/c1-16-9-3-2-8-6-12(10(13)4-5-15)14-11(8)7-9/h2-3,6-7,10,14-15H,4-5,13H2,1H3. The quantitative estimate of drug-likeness (QED) is 0.732. The molecule has 0 fully saturated rings. The second kappa shape index (κ2) is 4.55. The molecule has 4 N–H and O–H groups in total. The van der Waals surface area contributed by atoms with Crippen molar-refractivity contribution < 1.29 is 9.84 Å². The van der Waals surface area contributed by atoms with E-state index in [1.807, 2.05) is 24.3 Å². The van der Waals surface area contributed by atoms with Crippen molar-refractivity contribution in [1.29, 1.82) is 0 Å². The Morgan fingerprint density at radius 1 is 1.44 bits per heavy atom. The van der Waals surface area contributed by atoms with Crippen molar-refractivity contribution in [3.63, 3.8) is 0 Å². The molecule has 1 atom stereocenters. The van der Waals surface area contributed by atoms with Gasteiger partial charge in [0.25, 0.3) is 0 Å². The third-order valence-corrected chi connectivity index (χ3v) is 2.69. The summed E-state index contributed by atoms with van der Waals surface area (Å²) in [7, 11) is 1.64. The molecule has 0 spiro atoms. The molecule has 2 aromatic rings. The molecule has 0 saturated carbocycles. The summed E-state index contributed by atoms with van der Waals surface area (Å²) in [5, 5.41) is 9.94. The first-order chi connectivity index (χ1) is 7.74. The van der Waals surface area contributed by atoms with Gasteiger partial charge in [0, 0.05) is 29.9 Å². The number of benzene rings is 1. The van der Waals surface area contributed by atoms with Crippen molar-refractivity contribution >= 4 is 10.9 Å². The van der Waals surface area contributed by atoms with Crippen LogP contribution in [0.3, 0.4) is 0 Å². The maximum absolute atomic E-state index is 8.84. The highest BCUT2D eigenvalue weighted by Crippen LogP contribution is 2.24. The average molecular weight is 220 g/mol. The Morgan fingerprint density at radius 3 is 2.94 bits per heavy atom. The largest absolute Gasteiger partial charge is 0.497 e. The van der Waals surface area contributed by atoms with Crippen LogP contribution in [-0.2, 0) is 0 Å². The lowest BCUT2D eigenvalue weighted by atomic mass is 10.1. The van der Waals surface area contributed by atoms with E-state index >= 15 is 0 Å². The van der Waals surface area contributed by atoms with Gasteiger partial charge < -0.3 is 20.6 Å². The number of fused-ring (bicyclic) bond motifs is 1. The van der Waals surface area contributed by atoms with E-state index in [1.165, 1.54) is 0 Å². The second-order valence-electron chi connectivity index (χ2n) is 3.80. The van der Waals surface area contributed by atoms with Crippen molar-refractivity contribution in [2.75, 3.05) is 13.7 Å². The Hall–Kier alpha value is -1.52. The Labute approximate surface area is 94.0 Å². The van der Waals surface area contributed by atoms with Crippen LogP contribution in [-0.4, -0.2) is 23.8 Å². The second-order valence-corrected chi connectivity index (χ2v) is 3.80. The number of aromatic amines is 1. The van der Waals surface area contributed by atoms with Gasteiger partial charge in [-0.05, 0) is 30.0 Å². The molecule has 0 aliphatic rings. The molecule has 1 unspecified atom stereocenters. The summed E-state index contributed by atoms with van der Waals surface area (Å²) >= 11 is 0. The fraction of sp³-hybridized carbons (Fsp3) is 0.333. The predicted octanol–water partition coefficient (Wildman–Crippen LogP) is 1.56. The van der Waals surface area contributed by atoms with Gasteiger partial charge in [0.15, 0.2) is 0 Å². The number of ether oxygens (including phenoxy) is 1. The minimum absolute atomic E-state index is 0.0971. The molecule has 0 amide bonds. The van der Waals surface area contributed by atoms with Gasteiger partial charge in [-0.1, -0.05) is 0 Å². The van der Waals surface area contributed by atoms with Crippen LogP contribution >= 0.6 is 0 Å². The van der Waals surface area contributed by atoms with Gasteiger partial charge in [0.05, 0.1) is 7.11 Å². The lowest BCUT2D eigenvalue weighted by Crippen LogP contribution is -2.11. The lowest BCUT2D eigenvalue weighted by molar-refractivity contribution is 0.276. The lowest BCUT2D eigenvalue weighted by Gasteiger charge is -2.06. The number of aliphatic hydroxyl groups excluding tert-OH is 1. The molecule has 4 heteroatoms. The third-order valence-electron chi connectivity index (χ3n) is 2.69. The van der Waals surface area contributed by atoms with Crippen LogP contribution in [0.5, 0.6) is 5.75 Å². The summed E-state index contributed by atoms with van der Waals surface area (Å²) < 4.78 is 5.15. The number of aliphatic hydroxyl groups is 1. The number of nitrogens with two attached hydrogens (primary N) is 1. The zero-order chi connectivity index (χ0) is 11.5. The monoisotopic (exact) mass is 220 g/mol. The number of hydrogen-bond acceptors (Lipinski definition) is 3. The van der Waals surface area contributed by atoms with E-state index in [-0.39, 0.29) is 12.6 Å². The third kappa shape index (κ3) is 2.03. The maximum atomic E-state index is 8.84. The molecule has 2 rings (SSSR count). The highest BCUT2D eigenvalue weighted by atomic mass is 16.5. The summed E-state index contributed by atoms with van der Waals surface area (Å²) in [6.07, 6.45) is 0.559. The van der Waals surface area contributed by atoms with Crippen LogP contribution in [0.1, 0.15) is 18.2 Å². The van der Waals surface area contributed by atoms with Crippen LogP contribution in [0, 0.1) is 0 Å². The van der Waals surface area contributed by atoms with E-state index in [4.69, 9.17) is 15.6 Å². The first-order valence-electron chi connectivity index (χ1n) is 5.27. The predicted molar refractivity (Wildman–Crippen MR) is 63.5 cm³/mol. The molecule has 1 aromatic carbocycles. The topological polar surface area (TPSA) is 71.3 Å². The highest BCUT2D eigenvalue weighted by Gasteiger charge is 2.09. The molecule has 0 radical (unpaired) electrons. The molecule has 1 aromatic heterocycles. The van der Waals surface area contributed by atoms with E-state index in [2.05, 4.69) is 4.98 Å². The molecule has 4 nitrogen and oxygen atoms in total. The van der Waals surface area contributed by atoms with Gasteiger partial charge in [-0.15, -0.1) is 0 Å². The van der Waals surface area contributed by atoms with Crippen LogP contribution in [0.4, 0.5) is 0 Å². The fourth-order valence-electron chi connectivity index (χ4n) is 1.75. The van der Waals surface area contributed by atoms with Gasteiger partial charge >= 0.3 is 0 Å². The van der Waals surface area contributed by atoms with E-state index < -0.39 is 0 Å². The van der Waals surface area contributed by atoms with Gasteiger partial charge in [0.1, 0.15) is 5.75 Å². The molecule has 0 bridgehead atoms. The number of rotatable bonds is 4.